The van der Waals surface area contributed by atoms with Gasteiger partial charge in [-0.2, -0.15) is 4.98 Å². The molecule has 5 heteroatoms. The lowest BCUT2D eigenvalue weighted by Crippen LogP contribution is -2.31. The van der Waals surface area contributed by atoms with Gasteiger partial charge in [0.25, 0.3) is 5.89 Å². The average molecular weight is 289 g/mol. The summed E-state index contributed by atoms with van der Waals surface area (Å²) in [6.45, 7) is 2.23. The van der Waals surface area contributed by atoms with Gasteiger partial charge >= 0.3 is 0 Å². The van der Waals surface area contributed by atoms with E-state index in [-0.39, 0.29) is 0 Å². The van der Waals surface area contributed by atoms with Crippen LogP contribution in [0.1, 0.15) is 35.5 Å². The number of aryl methyl sites for hydroxylation is 2. The molecule has 20 heavy (non-hydrogen) atoms. The topological polar surface area (TPSA) is 51.0 Å². The van der Waals surface area contributed by atoms with E-state index in [2.05, 4.69) is 21.5 Å². The van der Waals surface area contributed by atoms with Gasteiger partial charge in [0.05, 0.1) is 4.88 Å². The van der Waals surface area contributed by atoms with Crippen LogP contribution >= 0.6 is 11.3 Å². The molecule has 1 unspecified atom stereocenters. The van der Waals surface area contributed by atoms with Crippen LogP contribution in [0.3, 0.4) is 0 Å². The highest BCUT2D eigenvalue weighted by molar-refractivity contribution is 7.15. The summed E-state index contributed by atoms with van der Waals surface area (Å²) >= 11 is 1.83. The highest BCUT2D eigenvalue weighted by Gasteiger charge is 2.20. The summed E-state index contributed by atoms with van der Waals surface area (Å²) in [6, 6.07) is 2.24. The number of nitrogens with zero attached hydrogens (tertiary/aromatic N) is 2. The number of rotatable bonds is 3. The summed E-state index contributed by atoms with van der Waals surface area (Å²) in [4.78, 5) is 7.25. The average Bonchev–Trinajstić information content (AvgIpc) is 3.13. The van der Waals surface area contributed by atoms with Crippen LogP contribution in [-0.2, 0) is 19.3 Å². The molecule has 0 amide bonds. The van der Waals surface area contributed by atoms with Gasteiger partial charge in [-0.25, -0.2) is 0 Å². The van der Waals surface area contributed by atoms with E-state index in [1.54, 1.807) is 0 Å². The molecule has 0 radical (unpaired) electrons. The first kappa shape index (κ1) is 12.5. The Kier molecular flexibility index (Phi) is 3.32. The molecule has 1 fully saturated rings. The maximum absolute atomic E-state index is 5.46. The third-order valence-corrected chi connectivity index (χ3v) is 5.52. The second kappa shape index (κ2) is 5.30. The van der Waals surface area contributed by atoms with Crippen LogP contribution in [0.5, 0.6) is 0 Å². The van der Waals surface area contributed by atoms with Gasteiger partial charge < -0.3 is 9.84 Å². The van der Waals surface area contributed by atoms with Crippen LogP contribution in [0.25, 0.3) is 10.8 Å². The van der Waals surface area contributed by atoms with Crippen LogP contribution in [0.15, 0.2) is 10.6 Å². The number of nitrogens with one attached hydrogen (secondary N) is 1. The SMILES string of the molecule is c1c(-c2nc(CC3CCCNC3)no2)sc2c1CCC2. The molecule has 4 nitrogen and oxygen atoms in total. The van der Waals surface area contributed by atoms with Gasteiger partial charge in [-0.3, -0.25) is 0 Å². The van der Waals surface area contributed by atoms with Crippen molar-refractivity contribution in [2.24, 2.45) is 5.92 Å². The molecule has 0 bridgehead atoms. The van der Waals surface area contributed by atoms with Crippen LogP contribution in [0.4, 0.5) is 0 Å². The van der Waals surface area contributed by atoms with E-state index in [1.807, 2.05) is 11.3 Å². The van der Waals surface area contributed by atoms with E-state index >= 15 is 0 Å². The summed E-state index contributed by atoms with van der Waals surface area (Å²) in [5.41, 5.74) is 1.49. The molecule has 1 aliphatic heterocycles. The quantitative estimate of drug-likeness (QED) is 0.944. The second-order valence-corrected chi connectivity index (χ2v) is 6.98. The Bertz CT molecular complexity index is 577. The lowest BCUT2D eigenvalue weighted by Gasteiger charge is -2.20. The Morgan fingerprint density at radius 1 is 1.35 bits per heavy atom. The lowest BCUT2D eigenvalue weighted by atomic mass is 9.96. The molecule has 1 saturated heterocycles. The number of piperidine rings is 1. The third-order valence-electron chi connectivity index (χ3n) is 4.30. The fourth-order valence-corrected chi connectivity index (χ4v) is 4.40. The summed E-state index contributed by atoms with van der Waals surface area (Å²) < 4.78 is 5.46. The van der Waals surface area contributed by atoms with Crippen molar-refractivity contribution >= 4 is 11.3 Å². The highest BCUT2D eigenvalue weighted by atomic mass is 32.1. The first-order valence-corrected chi connectivity index (χ1v) is 8.35. The molecule has 0 saturated carbocycles. The van der Waals surface area contributed by atoms with E-state index in [9.17, 15) is 0 Å². The zero-order valence-corrected chi connectivity index (χ0v) is 12.3. The molecule has 1 aliphatic carbocycles. The van der Waals surface area contributed by atoms with Crippen LogP contribution in [0, 0.1) is 5.92 Å². The Hall–Kier alpha value is -1.20. The normalized spacial score (nSPS) is 22.1. The van der Waals surface area contributed by atoms with E-state index in [4.69, 9.17) is 4.52 Å². The summed E-state index contributed by atoms with van der Waals surface area (Å²) in [5, 5.41) is 7.60. The number of aromatic nitrogens is 2. The maximum Gasteiger partial charge on any atom is 0.268 e. The minimum atomic E-state index is 0.655. The highest BCUT2D eigenvalue weighted by Crippen LogP contribution is 2.35. The van der Waals surface area contributed by atoms with Gasteiger partial charge in [0.1, 0.15) is 0 Å². The Morgan fingerprint density at radius 3 is 3.20 bits per heavy atom. The molecule has 2 aromatic rings. The predicted octanol–water partition coefficient (Wildman–Crippen LogP) is 2.83. The van der Waals surface area contributed by atoms with Crippen molar-refractivity contribution in [3.8, 4) is 10.8 Å². The third kappa shape index (κ3) is 2.40. The van der Waals surface area contributed by atoms with Gasteiger partial charge in [0, 0.05) is 11.3 Å². The van der Waals surface area contributed by atoms with Crippen molar-refractivity contribution < 1.29 is 4.52 Å². The molecule has 106 valence electrons. The summed E-state index contributed by atoms with van der Waals surface area (Å²) in [5.74, 6) is 2.23. The lowest BCUT2D eigenvalue weighted by molar-refractivity contribution is 0.360. The van der Waals surface area contributed by atoms with Gasteiger partial charge in [0.15, 0.2) is 5.82 Å². The van der Waals surface area contributed by atoms with E-state index in [0.717, 1.165) is 30.2 Å². The Labute approximate surface area is 122 Å². The molecule has 2 aromatic heterocycles. The zero-order chi connectivity index (χ0) is 13.4. The molecular weight excluding hydrogens is 270 g/mol. The van der Waals surface area contributed by atoms with Gasteiger partial charge in [0.2, 0.25) is 0 Å². The molecular formula is C15H19N3OS. The molecule has 1 N–H and O–H groups in total. The van der Waals surface area contributed by atoms with Crippen LogP contribution in [-0.4, -0.2) is 23.2 Å². The molecule has 2 aliphatic rings. The summed E-state index contributed by atoms with van der Waals surface area (Å²) in [7, 11) is 0. The van der Waals surface area contributed by atoms with E-state index < -0.39 is 0 Å². The molecule has 3 heterocycles. The summed E-state index contributed by atoms with van der Waals surface area (Å²) in [6.07, 6.45) is 7.18. The maximum atomic E-state index is 5.46. The molecule has 0 aromatic carbocycles. The minimum Gasteiger partial charge on any atom is -0.333 e. The largest absolute Gasteiger partial charge is 0.333 e. The zero-order valence-electron chi connectivity index (χ0n) is 11.5. The number of hydrogen-bond donors (Lipinski definition) is 1. The van der Waals surface area contributed by atoms with Gasteiger partial charge in [-0.1, -0.05) is 5.16 Å². The fourth-order valence-electron chi connectivity index (χ4n) is 3.23. The van der Waals surface area contributed by atoms with Crippen molar-refractivity contribution in [2.45, 2.75) is 38.5 Å². The fraction of sp³-hybridized carbons (Fsp3) is 0.600. The first-order chi connectivity index (χ1) is 9.88. The van der Waals surface area contributed by atoms with Crippen molar-refractivity contribution in [1.29, 1.82) is 0 Å². The van der Waals surface area contributed by atoms with Crippen molar-refractivity contribution in [1.82, 2.24) is 15.5 Å². The Balaban J connectivity index is 1.49. The monoisotopic (exact) mass is 289 g/mol. The smallest absolute Gasteiger partial charge is 0.268 e. The van der Waals surface area contributed by atoms with E-state index in [1.165, 1.54) is 42.5 Å². The van der Waals surface area contributed by atoms with Gasteiger partial charge in [-0.05, 0) is 62.7 Å². The molecule has 1 atom stereocenters. The Morgan fingerprint density at radius 2 is 2.35 bits per heavy atom. The standard InChI is InChI=1S/C15H19N3OS/c1-4-11-8-13(20-12(11)5-1)15-17-14(18-19-15)7-10-3-2-6-16-9-10/h8,10,16H,1-7,9H2. The second-order valence-electron chi connectivity index (χ2n) is 5.84. The minimum absolute atomic E-state index is 0.655. The predicted molar refractivity (Wildman–Crippen MR) is 78.9 cm³/mol. The van der Waals surface area contributed by atoms with Crippen molar-refractivity contribution in [3.05, 3.63) is 22.3 Å². The van der Waals surface area contributed by atoms with Crippen LogP contribution < -0.4 is 5.32 Å². The van der Waals surface area contributed by atoms with Gasteiger partial charge in [-0.15, -0.1) is 11.3 Å². The number of thiophene rings is 1. The molecule has 0 spiro atoms. The van der Waals surface area contributed by atoms with Crippen LogP contribution in [0.2, 0.25) is 0 Å². The van der Waals surface area contributed by atoms with Crippen molar-refractivity contribution in [2.75, 3.05) is 13.1 Å². The van der Waals surface area contributed by atoms with E-state index in [0.29, 0.717) is 11.8 Å². The molecule has 4 rings (SSSR count). The first-order valence-electron chi connectivity index (χ1n) is 7.54. The number of fused-ring (bicyclic) bond motifs is 1. The van der Waals surface area contributed by atoms with Crippen molar-refractivity contribution in [3.63, 3.8) is 0 Å². The number of hydrogen-bond acceptors (Lipinski definition) is 5.